The van der Waals surface area contributed by atoms with Crippen LogP contribution in [-0.2, 0) is 0 Å². The molecule has 5 nitrogen and oxygen atoms in total. The fourth-order valence-corrected chi connectivity index (χ4v) is 3.85. The number of para-hydroxylation sites is 1. The second-order valence-corrected chi connectivity index (χ2v) is 8.66. The van der Waals surface area contributed by atoms with E-state index in [4.69, 9.17) is 28.2 Å². The van der Waals surface area contributed by atoms with E-state index in [1.54, 1.807) is 48.5 Å². The quantitative estimate of drug-likeness (QED) is 0.187. The van der Waals surface area contributed by atoms with E-state index in [1.165, 1.54) is 0 Å². The molecular formula is C23H14ClIN2O3S. The first-order valence-electron chi connectivity index (χ1n) is 9.11. The van der Waals surface area contributed by atoms with Crippen LogP contribution in [0.4, 0.5) is 5.69 Å². The molecule has 0 saturated heterocycles. The molecule has 0 aliphatic rings. The Kier molecular flexibility index (Phi) is 6.35. The van der Waals surface area contributed by atoms with Gasteiger partial charge in [0.15, 0.2) is 5.11 Å². The van der Waals surface area contributed by atoms with Gasteiger partial charge in [-0.15, -0.1) is 0 Å². The van der Waals surface area contributed by atoms with Crippen LogP contribution in [0.1, 0.15) is 10.4 Å². The summed E-state index contributed by atoms with van der Waals surface area (Å²) in [6, 6.07) is 21.2. The van der Waals surface area contributed by atoms with E-state index in [9.17, 15) is 9.59 Å². The predicted molar refractivity (Wildman–Crippen MR) is 136 cm³/mol. The fraction of sp³-hybridized carbons (Fsp3) is 0. The van der Waals surface area contributed by atoms with Gasteiger partial charge in [0.2, 0.25) is 0 Å². The Labute approximate surface area is 201 Å². The molecule has 0 radical (unpaired) electrons. The van der Waals surface area contributed by atoms with E-state index in [1.807, 2.05) is 24.3 Å². The Bertz CT molecular complexity index is 1370. The Morgan fingerprint density at radius 1 is 0.968 bits per heavy atom. The number of carbonyl (C=O) groups excluding carboxylic acids is 1. The Morgan fingerprint density at radius 3 is 2.45 bits per heavy atom. The molecule has 0 aliphatic heterocycles. The first-order chi connectivity index (χ1) is 14.9. The van der Waals surface area contributed by atoms with E-state index in [2.05, 4.69) is 33.2 Å². The number of fused-ring (bicyclic) bond motifs is 1. The van der Waals surface area contributed by atoms with Crippen molar-refractivity contribution in [2.45, 2.75) is 0 Å². The number of carbonyl (C=O) groups is 1. The zero-order chi connectivity index (χ0) is 22.0. The molecule has 0 atom stereocenters. The maximum atomic E-state index is 12.4. The zero-order valence-electron chi connectivity index (χ0n) is 15.8. The summed E-state index contributed by atoms with van der Waals surface area (Å²) < 4.78 is 6.42. The average molecular weight is 561 g/mol. The van der Waals surface area contributed by atoms with E-state index < -0.39 is 5.63 Å². The summed E-state index contributed by atoms with van der Waals surface area (Å²) in [5.74, 6) is -0.314. The molecule has 0 unspecified atom stereocenters. The molecule has 1 heterocycles. The third-order valence-electron chi connectivity index (χ3n) is 4.49. The van der Waals surface area contributed by atoms with Crippen LogP contribution < -0.4 is 16.3 Å². The molecular weight excluding hydrogens is 547 g/mol. The van der Waals surface area contributed by atoms with Gasteiger partial charge in [-0.05, 0) is 83.3 Å². The smallest absolute Gasteiger partial charge is 0.344 e. The van der Waals surface area contributed by atoms with Gasteiger partial charge in [-0.1, -0.05) is 35.9 Å². The summed E-state index contributed by atoms with van der Waals surface area (Å²) in [5, 5.41) is 6.84. The van der Waals surface area contributed by atoms with Gasteiger partial charge in [0.1, 0.15) is 5.58 Å². The molecule has 1 amide bonds. The van der Waals surface area contributed by atoms with Crippen molar-refractivity contribution >= 4 is 74.1 Å². The highest BCUT2D eigenvalue weighted by atomic mass is 127. The van der Waals surface area contributed by atoms with Crippen LogP contribution in [0.2, 0.25) is 5.02 Å². The highest BCUT2D eigenvalue weighted by Crippen LogP contribution is 2.30. The summed E-state index contributed by atoms with van der Waals surface area (Å²) in [7, 11) is 0. The largest absolute Gasteiger partial charge is 0.422 e. The van der Waals surface area contributed by atoms with Crippen molar-refractivity contribution in [3.8, 4) is 11.1 Å². The number of benzene rings is 3. The minimum absolute atomic E-state index is 0.137. The molecule has 0 bridgehead atoms. The first kappa shape index (κ1) is 21.5. The highest BCUT2D eigenvalue weighted by Gasteiger charge is 2.13. The third kappa shape index (κ3) is 4.95. The lowest BCUT2D eigenvalue weighted by molar-refractivity contribution is 0.0977. The lowest BCUT2D eigenvalue weighted by atomic mass is 10.1. The number of nitrogens with one attached hydrogen (secondary N) is 2. The van der Waals surface area contributed by atoms with Gasteiger partial charge in [0, 0.05) is 25.8 Å². The minimum Gasteiger partial charge on any atom is -0.422 e. The van der Waals surface area contributed by atoms with Crippen molar-refractivity contribution in [3.05, 3.63) is 97.4 Å². The van der Waals surface area contributed by atoms with Crippen molar-refractivity contribution in [1.29, 1.82) is 0 Å². The number of anilines is 1. The summed E-state index contributed by atoms with van der Waals surface area (Å²) in [4.78, 5) is 24.7. The number of thiocarbonyl (C=S) groups is 1. The van der Waals surface area contributed by atoms with E-state index in [0.29, 0.717) is 33.0 Å². The number of hydrogen-bond donors (Lipinski definition) is 2. The lowest BCUT2D eigenvalue weighted by Gasteiger charge is -2.11. The Hall–Kier alpha value is -2.75. The van der Waals surface area contributed by atoms with Crippen molar-refractivity contribution in [2.75, 3.05) is 5.32 Å². The molecule has 0 spiro atoms. The maximum absolute atomic E-state index is 12.4. The molecule has 31 heavy (non-hydrogen) atoms. The van der Waals surface area contributed by atoms with Crippen LogP contribution in [0.15, 0.2) is 82.0 Å². The van der Waals surface area contributed by atoms with Crippen molar-refractivity contribution < 1.29 is 9.21 Å². The molecule has 0 fully saturated rings. The SMILES string of the molecule is O=C(NC(=S)Nc1ccc(-c2cc3ccccc3oc2=O)c(Cl)c1)c1ccc(I)cc1. The molecule has 3 aromatic carbocycles. The third-order valence-corrected chi connectivity index (χ3v) is 5.73. The van der Waals surface area contributed by atoms with Crippen LogP contribution in [-0.4, -0.2) is 11.0 Å². The normalized spacial score (nSPS) is 10.6. The minimum atomic E-state index is -0.471. The van der Waals surface area contributed by atoms with Crippen molar-refractivity contribution in [1.82, 2.24) is 5.32 Å². The number of rotatable bonds is 3. The molecule has 1 aromatic heterocycles. The summed E-state index contributed by atoms with van der Waals surface area (Å²) >= 11 is 13.8. The molecule has 4 rings (SSSR count). The number of halogens is 2. The predicted octanol–water partition coefficient (Wildman–Crippen LogP) is 5.84. The number of amides is 1. The van der Waals surface area contributed by atoms with Gasteiger partial charge in [0.05, 0.1) is 10.6 Å². The molecule has 154 valence electrons. The Morgan fingerprint density at radius 2 is 1.71 bits per heavy atom. The summed E-state index contributed by atoms with van der Waals surface area (Å²) in [6.45, 7) is 0. The monoisotopic (exact) mass is 560 g/mol. The Balaban J connectivity index is 1.52. The molecule has 4 aromatic rings. The van der Waals surface area contributed by atoms with Crippen molar-refractivity contribution in [3.63, 3.8) is 0 Å². The van der Waals surface area contributed by atoms with E-state index in [-0.39, 0.29) is 11.0 Å². The molecule has 8 heteroatoms. The first-order valence-corrected chi connectivity index (χ1v) is 11.0. The second kappa shape index (κ2) is 9.17. The van der Waals surface area contributed by atoms with Gasteiger partial charge in [-0.3, -0.25) is 10.1 Å². The zero-order valence-corrected chi connectivity index (χ0v) is 19.5. The second-order valence-electron chi connectivity index (χ2n) is 6.60. The van der Waals surface area contributed by atoms with Crippen LogP contribution in [0.3, 0.4) is 0 Å². The van der Waals surface area contributed by atoms with Crippen molar-refractivity contribution in [2.24, 2.45) is 0 Å². The lowest BCUT2D eigenvalue weighted by Crippen LogP contribution is -2.34. The van der Waals surface area contributed by atoms with Crippen LogP contribution in [0, 0.1) is 3.57 Å². The number of hydrogen-bond acceptors (Lipinski definition) is 4. The van der Waals surface area contributed by atoms with Gasteiger partial charge in [-0.25, -0.2) is 4.79 Å². The van der Waals surface area contributed by atoms with Gasteiger partial charge in [-0.2, -0.15) is 0 Å². The summed E-state index contributed by atoms with van der Waals surface area (Å²) in [5.41, 5.74) is 2.03. The maximum Gasteiger partial charge on any atom is 0.344 e. The molecule has 2 N–H and O–H groups in total. The molecule has 0 aliphatic carbocycles. The molecule has 0 saturated carbocycles. The highest BCUT2D eigenvalue weighted by molar-refractivity contribution is 14.1. The topological polar surface area (TPSA) is 71.3 Å². The fourth-order valence-electron chi connectivity index (χ4n) is 3.00. The standard InChI is InChI=1S/C23H14ClIN2O3S/c24-19-12-16(26-23(31)27-21(28)13-5-7-15(25)8-6-13)9-10-17(19)18-11-14-3-1-2-4-20(14)30-22(18)29/h1-12H,(H2,26,27,28,31). The van der Waals surface area contributed by atoms with Crippen LogP contribution in [0.5, 0.6) is 0 Å². The van der Waals surface area contributed by atoms with Crippen LogP contribution in [0.25, 0.3) is 22.1 Å². The van der Waals surface area contributed by atoms with E-state index in [0.717, 1.165) is 8.96 Å². The van der Waals surface area contributed by atoms with Crippen LogP contribution >= 0.6 is 46.4 Å². The average Bonchev–Trinajstić information content (AvgIpc) is 2.74. The van der Waals surface area contributed by atoms with Gasteiger partial charge in [0.25, 0.3) is 5.91 Å². The van der Waals surface area contributed by atoms with E-state index >= 15 is 0 Å². The van der Waals surface area contributed by atoms with Gasteiger partial charge >= 0.3 is 5.63 Å². The summed E-state index contributed by atoms with van der Waals surface area (Å²) in [6.07, 6.45) is 0. The van der Waals surface area contributed by atoms with Gasteiger partial charge < -0.3 is 9.73 Å².